The summed E-state index contributed by atoms with van der Waals surface area (Å²) in [7, 11) is 0. The largest absolute Gasteiger partial charge is 0.458 e. The van der Waals surface area contributed by atoms with E-state index in [0.29, 0.717) is 26.2 Å². The van der Waals surface area contributed by atoms with Gasteiger partial charge in [-0.05, 0) is 30.0 Å². The Kier molecular flexibility index (Phi) is 5.97. The van der Waals surface area contributed by atoms with Gasteiger partial charge in [-0.1, -0.05) is 42.2 Å². The van der Waals surface area contributed by atoms with Crippen molar-refractivity contribution in [2.45, 2.75) is 13.0 Å². The molecular formula is C22H17N3O5S2. The number of esters is 1. The quantitative estimate of drug-likeness (QED) is 0.240. The predicted octanol–water partition coefficient (Wildman–Crippen LogP) is 2.93. The second-order valence-electron chi connectivity index (χ2n) is 6.84. The predicted molar refractivity (Wildman–Crippen MR) is 122 cm³/mol. The number of rotatable bonds is 6. The molecule has 3 heterocycles. The van der Waals surface area contributed by atoms with Crippen LogP contribution in [-0.4, -0.2) is 22.1 Å². The first-order chi connectivity index (χ1) is 15.4. The number of thiazole rings is 1. The Morgan fingerprint density at radius 1 is 1.38 bits per heavy atom. The molecule has 0 spiro atoms. The van der Waals surface area contributed by atoms with Crippen LogP contribution in [0.1, 0.15) is 23.4 Å². The number of allylic oxidation sites excluding steroid dienone is 1. The number of thiophene rings is 1. The minimum atomic E-state index is -0.671. The van der Waals surface area contributed by atoms with Crippen LogP contribution >= 0.6 is 22.7 Å². The molecule has 10 heteroatoms. The molecular weight excluding hydrogens is 450 g/mol. The maximum Gasteiger partial charge on any atom is 0.338 e. The van der Waals surface area contributed by atoms with Crippen LogP contribution in [0.25, 0.3) is 6.08 Å². The lowest BCUT2D eigenvalue weighted by Gasteiger charge is -2.23. The molecule has 0 bridgehead atoms. The third-order valence-corrected chi connectivity index (χ3v) is 6.67. The number of aromatic nitrogens is 1. The lowest BCUT2D eigenvalue weighted by Crippen LogP contribution is -2.39. The van der Waals surface area contributed by atoms with Gasteiger partial charge in [-0.15, -0.1) is 11.3 Å². The van der Waals surface area contributed by atoms with E-state index in [4.69, 9.17) is 4.74 Å². The highest BCUT2D eigenvalue weighted by atomic mass is 32.1. The molecule has 0 amide bonds. The van der Waals surface area contributed by atoms with Crippen molar-refractivity contribution >= 4 is 40.4 Å². The summed E-state index contributed by atoms with van der Waals surface area (Å²) in [4.78, 5) is 42.6. The van der Waals surface area contributed by atoms with Crippen LogP contribution in [-0.2, 0) is 9.53 Å². The van der Waals surface area contributed by atoms with E-state index in [9.17, 15) is 19.7 Å². The number of nitro benzene ring substituents is 1. The van der Waals surface area contributed by atoms with Gasteiger partial charge in [0, 0.05) is 17.0 Å². The summed E-state index contributed by atoms with van der Waals surface area (Å²) >= 11 is 2.59. The van der Waals surface area contributed by atoms with Gasteiger partial charge < -0.3 is 4.74 Å². The lowest BCUT2D eigenvalue weighted by atomic mass is 10.0. The van der Waals surface area contributed by atoms with E-state index in [1.165, 1.54) is 45.4 Å². The molecule has 8 nitrogen and oxygen atoms in total. The van der Waals surface area contributed by atoms with Crippen LogP contribution in [0.2, 0.25) is 0 Å². The van der Waals surface area contributed by atoms with Crippen LogP contribution in [0.15, 0.2) is 75.5 Å². The highest BCUT2D eigenvalue weighted by Crippen LogP contribution is 2.33. The summed E-state index contributed by atoms with van der Waals surface area (Å²) in [5, 5.41) is 12.9. The second kappa shape index (κ2) is 8.85. The number of nitrogens with zero attached hydrogens (tertiary/aromatic N) is 3. The topological polar surface area (TPSA) is 104 Å². The van der Waals surface area contributed by atoms with E-state index >= 15 is 0 Å². The molecule has 1 aliphatic rings. The molecule has 0 fully saturated rings. The van der Waals surface area contributed by atoms with E-state index in [1.807, 2.05) is 17.5 Å². The average Bonchev–Trinajstić information content (AvgIpc) is 3.40. The first-order valence-corrected chi connectivity index (χ1v) is 11.2. The van der Waals surface area contributed by atoms with Crippen LogP contribution < -0.4 is 14.9 Å². The third kappa shape index (κ3) is 3.97. The maximum atomic E-state index is 13.4. The summed E-state index contributed by atoms with van der Waals surface area (Å²) in [5.74, 6) is -0.558. The van der Waals surface area contributed by atoms with Crippen molar-refractivity contribution in [2.24, 2.45) is 4.99 Å². The molecule has 4 rings (SSSR count). The van der Waals surface area contributed by atoms with Crippen molar-refractivity contribution < 1.29 is 14.5 Å². The highest BCUT2D eigenvalue weighted by Gasteiger charge is 2.33. The Bertz CT molecular complexity index is 1430. The Morgan fingerprint density at radius 3 is 2.88 bits per heavy atom. The van der Waals surface area contributed by atoms with E-state index in [1.54, 1.807) is 25.1 Å². The number of carbonyl (C=O) groups is 1. The van der Waals surface area contributed by atoms with Gasteiger partial charge in [-0.3, -0.25) is 19.5 Å². The Balaban J connectivity index is 1.90. The average molecular weight is 468 g/mol. The summed E-state index contributed by atoms with van der Waals surface area (Å²) in [6.07, 6.45) is 3.07. The summed E-state index contributed by atoms with van der Waals surface area (Å²) in [5.41, 5.74) is 0.897. The van der Waals surface area contributed by atoms with Crippen molar-refractivity contribution in [1.29, 1.82) is 0 Å². The number of fused-ring (bicyclic) bond motifs is 1. The standard InChI is InChI=1S/C22H17N3O5S2/c1-3-9-30-21(27)18-13(2)23-22-24(19(18)16-8-5-10-31-16)20(26)17(32-22)12-14-6-4-7-15(11-14)25(28)29/h3-8,10-12,19H,1,9H2,2H3. The number of non-ortho nitro benzene ring substituents is 1. The number of ether oxygens (including phenoxy) is 1. The van der Waals surface area contributed by atoms with Crippen LogP contribution in [0.4, 0.5) is 5.69 Å². The smallest absolute Gasteiger partial charge is 0.338 e. The third-order valence-electron chi connectivity index (χ3n) is 4.77. The zero-order valence-corrected chi connectivity index (χ0v) is 18.5. The highest BCUT2D eigenvalue weighted by molar-refractivity contribution is 7.10. The van der Waals surface area contributed by atoms with Gasteiger partial charge in [0.25, 0.3) is 11.2 Å². The van der Waals surface area contributed by atoms with Crippen molar-refractivity contribution in [3.8, 4) is 0 Å². The SMILES string of the molecule is C=CCOC(=O)C1=C(C)N=c2sc(=Cc3cccc([N+](=O)[O-])c3)c(=O)n2C1c1cccs1. The molecule has 162 valence electrons. The van der Waals surface area contributed by atoms with Gasteiger partial charge in [0.1, 0.15) is 12.6 Å². The van der Waals surface area contributed by atoms with Gasteiger partial charge in [0.15, 0.2) is 4.80 Å². The maximum absolute atomic E-state index is 13.4. The molecule has 0 N–H and O–H groups in total. The minimum absolute atomic E-state index is 0.0456. The number of carbonyl (C=O) groups excluding carboxylic acids is 1. The molecule has 0 radical (unpaired) electrons. The molecule has 2 aromatic heterocycles. The zero-order valence-electron chi connectivity index (χ0n) is 16.9. The number of benzene rings is 1. The molecule has 0 aliphatic carbocycles. The Hall–Kier alpha value is -3.63. The number of nitro groups is 1. The molecule has 1 unspecified atom stereocenters. The van der Waals surface area contributed by atoms with Crippen LogP contribution in [0.5, 0.6) is 0 Å². The van der Waals surface area contributed by atoms with Gasteiger partial charge in [0.05, 0.1) is 20.7 Å². The minimum Gasteiger partial charge on any atom is -0.458 e. The fraction of sp³-hybridized carbons (Fsp3) is 0.136. The van der Waals surface area contributed by atoms with Crippen molar-refractivity contribution in [2.75, 3.05) is 6.61 Å². The molecule has 1 aromatic carbocycles. The van der Waals surface area contributed by atoms with E-state index in [2.05, 4.69) is 11.6 Å². The Morgan fingerprint density at radius 2 is 2.19 bits per heavy atom. The van der Waals surface area contributed by atoms with Gasteiger partial charge in [0.2, 0.25) is 0 Å². The first kappa shape index (κ1) is 21.6. The normalized spacial score (nSPS) is 15.8. The number of hydrogen-bond acceptors (Lipinski definition) is 8. The fourth-order valence-corrected chi connectivity index (χ4v) is 5.26. The molecule has 0 saturated heterocycles. The summed E-state index contributed by atoms with van der Waals surface area (Å²) < 4.78 is 7.11. The fourth-order valence-electron chi connectivity index (χ4n) is 3.39. The second-order valence-corrected chi connectivity index (χ2v) is 8.82. The zero-order chi connectivity index (χ0) is 22.8. The van der Waals surface area contributed by atoms with E-state index in [-0.39, 0.29) is 17.9 Å². The van der Waals surface area contributed by atoms with E-state index < -0.39 is 16.9 Å². The molecule has 0 saturated carbocycles. The molecule has 1 aliphatic heterocycles. The van der Waals surface area contributed by atoms with Crippen LogP contribution in [0, 0.1) is 10.1 Å². The van der Waals surface area contributed by atoms with Gasteiger partial charge in [-0.2, -0.15) is 0 Å². The summed E-state index contributed by atoms with van der Waals surface area (Å²) in [6, 6.07) is 9.07. The van der Waals surface area contributed by atoms with Gasteiger partial charge >= 0.3 is 5.97 Å². The summed E-state index contributed by atoms with van der Waals surface area (Å²) in [6.45, 7) is 5.32. The monoisotopic (exact) mass is 467 g/mol. The first-order valence-electron chi connectivity index (χ1n) is 9.49. The number of hydrogen-bond donors (Lipinski definition) is 0. The lowest BCUT2D eigenvalue weighted by molar-refractivity contribution is -0.384. The molecule has 1 atom stereocenters. The Labute approximate surface area is 189 Å². The van der Waals surface area contributed by atoms with Crippen molar-refractivity contribution in [3.63, 3.8) is 0 Å². The molecule has 3 aromatic rings. The van der Waals surface area contributed by atoms with E-state index in [0.717, 1.165) is 4.88 Å². The molecule has 32 heavy (non-hydrogen) atoms. The van der Waals surface area contributed by atoms with Crippen molar-refractivity contribution in [3.05, 3.63) is 106 Å². The van der Waals surface area contributed by atoms with Crippen molar-refractivity contribution in [1.82, 2.24) is 4.57 Å². The van der Waals surface area contributed by atoms with Crippen LogP contribution in [0.3, 0.4) is 0 Å². The van der Waals surface area contributed by atoms with Gasteiger partial charge in [-0.25, -0.2) is 9.79 Å².